The van der Waals surface area contributed by atoms with Crippen LogP contribution < -0.4 is 0 Å². The Bertz CT molecular complexity index is 421. The highest BCUT2D eigenvalue weighted by molar-refractivity contribution is 6.19. The lowest BCUT2D eigenvalue weighted by atomic mass is 10.0. The van der Waals surface area contributed by atoms with E-state index < -0.39 is 11.7 Å². The smallest absolute Gasteiger partial charge is 0.351 e. The standard InChI is InChI=1S/C17H26O4/c1-3-4-5-6-7-8-9-10-11-12-14(18)15-16(19)13(2)21-17(15)20/h19H,2-12H2,1H3. The second kappa shape index (κ2) is 9.37. The van der Waals surface area contributed by atoms with Crippen molar-refractivity contribution in [2.24, 2.45) is 0 Å². The minimum absolute atomic E-state index is 0.129. The van der Waals surface area contributed by atoms with Gasteiger partial charge in [0.2, 0.25) is 0 Å². The van der Waals surface area contributed by atoms with Gasteiger partial charge in [0, 0.05) is 6.42 Å². The number of ketones is 1. The van der Waals surface area contributed by atoms with Crippen LogP contribution in [0.5, 0.6) is 0 Å². The van der Waals surface area contributed by atoms with Crippen molar-refractivity contribution in [1.29, 1.82) is 0 Å². The second-order valence-corrected chi connectivity index (χ2v) is 5.54. The molecule has 4 heteroatoms. The van der Waals surface area contributed by atoms with Gasteiger partial charge in [0.1, 0.15) is 5.57 Å². The first-order valence-electron chi connectivity index (χ1n) is 7.95. The molecule has 118 valence electrons. The highest BCUT2D eigenvalue weighted by Crippen LogP contribution is 2.24. The predicted molar refractivity (Wildman–Crippen MR) is 81.7 cm³/mol. The van der Waals surface area contributed by atoms with Crippen LogP contribution in [0, 0.1) is 0 Å². The van der Waals surface area contributed by atoms with E-state index in [-0.39, 0.29) is 23.5 Å². The lowest BCUT2D eigenvalue weighted by molar-refractivity contribution is -0.134. The van der Waals surface area contributed by atoms with Gasteiger partial charge in [-0.3, -0.25) is 4.79 Å². The maximum absolute atomic E-state index is 11.9. The maximum Gasteiger partial charge on any atom is 0.351 e. The summed E-state index contributed by atoms with van der Waals surface area (Å²) in [5, 5.41) is 9.56. The van der Waals surface area contributed by atoms with Crippen LogP contribution >= 0.6 is 0 Å². The van der Waals surface area contributed by atoms with Gasteiger partial charge in [-0.2, -0.15) is 0 Å². The number of aliphatic hydroxyl groups excluding tert-OH is 1. The zero-order chi connectivity index (χ0) is 15.7. The molecule has 0 saturated heterocycles. The summed E-state index contributed by atoms with van der Waals surface area (Å²) in [6, 6.07) is 0. The van der Waals surface area contributed by atoms with E-state index >= 15 is 0 Å². The highest BCUT2D eigenvalue weighted by atomic mass is 16.6. The Morgan fingerprint density at radius 1 is 1.05 bits per heavy atom. The molecule has 0 atom stereocenters. The number of aliphatic hydroxyl groups is 1. The first-order chi connectivity index (χ1) is 10.1. The number of carbonyl (C=O) groups excluding carboxylic acids is 2. The number of rotatable bonds is 11. The van der Waals surface area contributed by atoms with Crippen molar-refractivity contribution in [3.8, 4) is 0 Å². The first-order valence-corrected chi connectivity index (χ1v) is 7.95. The first kappa shape index (κ1) is 17.5. The molecule has 0 unspecified atom stereocenters. The Morgan fingerprint density at radius 2 is 1.57 bits per heavy atom. The third-order valence-electron chi connectivity index (χ3n) is 3.71. The number of esters is 1. The van der Waals surface area contributed by atoms with E-state index in [0.29, 0.717) is 0 Å². The molecule has 1 N–H and O–H groups in total. The van der Waals surface area contributed by atoms with E-state index in [1.807, 2.05) is 0 Å². The van der Waals surface area contributed by atoms with E-state index in [0.717, 1.165) is 19.3 Å². The third kappa shape index (κ3) is 5.74. The maximum atomic E-state index is 11.9. The number of carbonyl (C=O) groups is 2. The van der Waals surface area contributed by atoms with Crippen molar-refractivity contribution >= 4 is 11.8 Å². The average Bonchev–Trinajstić information content (AvgIpc) is 2.70. The summed E-state index contributed by atoms with van der Waals surface area (Å²) in [4.78, 5) is 23.2. The molecule has 0 aromatic rings. The van der Waals surface area contributed by atoms with Gasteiger partial charge in [-0.05, 0) is 6.42 Å². The van der Waals surface area contributed by atoms with Crippen LogP contribution in [0.15, 0.2) is 23.7 Å². The Hall–Kier alpha value is -1.58. The van der Waals surface area contributed by atoms with Gasteiger partial charge in [0.25, 0.3) is 0 Å². The SMILES string of the molecule is C=C1OC(=O)C(C(=O)CCCCCCCCCCC)=C1O. The minimum atomic E-state index is -0.779. The van der Waals surface area contributed by atoms with Gasteiger partial charge < -0.3 is 9.84 Å². The van der Waals surface area contributed by atoms with Gasteiger partial charge in [0.15, 0.2) is 17.3 Å². The van der Waals surface area contributed by atoms with Gasteiger partial charge in [0.05, 0.1) is 0 Å². The lowest BCUT2D eigenvalue weighted by Crippen LogP contribution is -2.10. The Morgan fingerprint density at radius 3 is 2.05 bits per heavy atom. The summed E-state index contributed by atoms with van der Waals surface area (Å²) < 4.78 is 4.62. The molecule has 0 radical (unpaired) electrons. The highest BCUT2D eigenvalue weighted by Gasteiger charge is 2.33. The summed E-state index contributed by atoms with van der Waals surface area (Å²) in [5.74, 6) is -1.66. The van der Waals surface area contributed by atoms with Gasteiger partial charge in [-0.15, -0.1) is 0 Å². The van der Waals surface area contributed by atoms with Crippen molar-refractivity contribution in [3.63, 3.8) is 0 Å². The molecule has 4 nitrogen and oxygen atoms in total. The van der Waals surface area contributed by atoms with Crippen molar-refractivity contribution < 1.29 is 19.4 Å². The number of unbranched alkanes of at least 4 members (excludes halogenated alkanes) is 8. The summed E-state index contributed by atoms with van der Waals surface area (Å²) >= 11 is 0. The fourth-order valence-corrected chi connectivity index (χ4v) is 2.41. The van der Waals surface area contributed by atoms with Crippen molar-refractivity contribution in [3.05, 3.63) is 23.7 Å². The van der Waals surface area contributed by atoms with Crippen LogP contribution in [0.25, 0.3) is 0 Å². The minimum Gasteiger partial charge on any atom is -0.504 e. The van der Waals surface area contributed by atoms with Gasteiger partial charge in [-0.25, -0.2) is 4.79 Å². The van der Waals surface area contributed by atoms with E-state index in [2.05, 4.69) is 18.2 Å². The second-order valence-electron chi connectivity index (χ2n) is 5.54. The molecule has 0 amide bonds. The summed E-state index contributed by atoms with van der Waals surface area (Å²) in [5.41, 5.74) is -0.237. The van der Waals surface area contributed by atoms with Crippen LogP contribution in [-0.4, -0.2) is 16.9 Å². The Balaban J connectivity index is 2.12. The average molecular weight is 294 g/mol. The zero-order valence-electron chi connectivity index (χ0n) is 13.0. The van der Waals surface area contributed by atoms with Crippen LogP contribution in [0.4, 0.5) is 0 Å². The van der Waals surface area contributed by atoms with Crippen molar-refractivity contribution in [1.82, 2.24) is 0 Å². The Kier molecular flexibility index (Phi) is 7.80. The van der Waals surface area contributed by atoms with Gasteiger partial charge in [-0.1, -0.05) is 64.9 Å². The quantitative estimate of drug-likeness (QED) is 0.349. The molecule has 0 spiro atoms. The van der Waals surface area contributed by atoms with E-state index in [4.69, 9.17) is 0 Å². The number of Topliss-reactive ketones (excluding diaryl/α,β-unsaturated/α-hetero) is 1. The molecule has 21 heavy (non-hydrogen) atoms. The molecule has 0 aromatic carbocycles. The van der Waals surface area contributed by atoms with Crippen molar-refractivity contribution in [2.45, 2.75) is 71.1 Å². The largest absolute Gasteiger partial charge is 0.504 e. The number of ether oxygens (including phenoxy) is 1. The summed E-state index contributed by atoms with van der Waals surface area (Å²) in [7, 11) is 0. The molecule has 1 rings (SSSR count). The van der Waals surface area contributed by atoms with Gasteiger partial charge >= 0.3 is 5.97 Å². The van der Waals surface area contributed by atoms with Crippen LogP contribution in [0.1, 0.15) is 71.1 Å². The molecular formula is C17H26O4. The zero-order valence-corrected chi connectivity index (χ0v) is 13.0. The molecule has 0 bridgehead atoms. The summed E-state index contributed by atoms with van der Waals surface area (Å²) in [6.07, 6.45) is 10.7. The topological polar surface area (TPSA) is 63.6 Å². The summed E-state index contributed by atoms with van der Waals surface area (Å²) in [6.45, 7) is 5.57. The fraction of sp³-hybridized carbons (Fsp3) is 0.647. The van der Waals surface area contributed by atoms with Crippen LogP contribution in [0.3, 0.4) is 0 Å². The molecular weight excluding hydrogens is 268 g/mol. The van der Waals surface area contributed by atoms with E-state index in [9.17, 15) is 14.7 Å². The third-order valence-corrected chi connectivity index (χ3v) is 3.71. The number of cyclic esters (lactones) is 1. The molecule has 0 aliphatic carbocycles. The van der Waals surface area contributed by atoms with E-state index in [1.54, 1.807) is 0 Å². The van der Waals surface area contributed by atoms with E-state index in [1.165, 1.54) is 38.5 Å². The molecule has 0 aromatic heterocycles. The molecule has 0 saturated carbocycles. The van der Waals surface area contributed by atoms with Crippen LogP contribution in [-0.2, 0) is 14.3 Å². The van der Waals surface area contributed by atoms with Crippen molar-refractivity contribution in [2.75, 3.05) is 0 Å². The fourth-order valence-electron chi connectivity index (χ4n) is 2.41. The predicted octanol–water partition coefficient (Wildman–Crippen LogP) is 4.36. The molecule has 1 aliphatic rings. The molecule has 0 fully saturated rings. The number of hydrogen-bond acceptors (Lipinski definition) is 4. The van der Waals surface area contributed by atoms with Crippen LogP contribution in [0.2, 0.25) is 0 Å². The number of hydrogen-bond donors (Lipinski definition) is 1. The normalized spacial score (nSPS) is 14.7. The molecule has 1 aliphatic heterocycles. The monoisotopic (exact) mass is 294 g/mol. The lowest BCUT2D eigenvalue weighted by Gasteiger charge is -2.02. The Labute approximate surface area is 126 Å². The molecule has 1 heterocycles.